The first kappa shape index (κ1) is 12.4. The van der Waals surface area contributed by atoms with Crippen LogP contribution in [0.3, 0.4) is 0 Å². The minimum atomic E-state index is -3.50. The van der Waals surface area contributed by atoms with Crippen molar-refractivity contribution in [2.45, 2.75) is 25.7 Å². The van der Waals surface area contributed by atoms with Crippen LogP contribution in [0.5, 0.6) is 0 Å². The third-order valence-electron chi connectivity index (χ3n) is 2.61. The van der Waals surface area contributed by atoms with Crippen molar-refractivity contribution >= 4 is 15.8 Å². The van der Waals surface area contributed by atoms with Crippen molar-refractivity contribution in [3.05, 3.63) is 0 Å². The Morgan fingerprint density at radius 1 is 1.47 bits per heavy atom. The quantitative estimate of drug-likeness (QED) is 0.798. The summed E-state index contributed by atoms with van der Waals surface area (Å²) in [5.41, 5.74) is -1.79. The highest BCUT2D eigenvalue weighted by Crippen LogP contribution is 2.37. The Labute approximate surface area is 86.2 Å². The molecular weight excluding hydrogens is 230 g/mol. The van der Waals surface area contributed by atoms with E-state index in [1.54, 1.807) is 0 Å². The highest BCUT2D eigenvalue weighted by Gasteiger charge is 2.47. The van der Waals surface area contributed by atoms with Gasteiger partial charge in [0.25, 0.3) is 0 Å². The van der Waals surface area contributed by atoms with E-state index in [2.05, 4.69) is 0 Å². The first-order valence-electron chi connectivity index (χ1n) is 4.49. The number of carboxylic acids is 1. The largest absolute Gasteiger partial charge is 0.481 e. The van der Waals surface area contributed by atoms with Crippen LogP contribution >= 0.6 is 0 Å². The molecule has 0 aromatic carbocycles. The molecule has 1 rings (SSSR count). The zero-order valence-corrected chi connectivity index (χ0v) is 8.77. The second-order valence-electron chi connectivity index (χ2n) is 3.88. The Morgan fingerprint density at radius 2 is 2.07 bits per heavy atom. The number of alkyl halides is 2. The second-order valence-corrected chi connectivity index (χ2v) is 6.06. The highest BCUT2D eigenvalue weighted by atomic mass is 32.2. The Morgan fingerprint density at radius 3 is 2.47 bits per heavy atom. The molecule has 0 spiro atoms. The molecule has 1 saturated heterocycles. The molecule has 0 radical (unpaired) electrons. The van der Waals surface area contributed by atoms with Gasteiger partial charge < -0.3 is 5.11 Å². The molecule has 1 unspecified atom stereocenters. The molecular formula is C8H12F2O4S. The van der Waals surface area contributed by atoms with Crippen molar-refractivity contribution in [1.82, 2.24) is 0 Å². The fourth-order valence-electron chi connectivity index (χ4n) is 1.91. The van der Waals surface area contributed by atoms with Crippen LogP contribution in [0.1, 0.15) is 19.3 Å². The molecule has 0 bridgehead atoms. The summed E-state index contributed by atoms with van der Waals surface area (Å²) < 4.78 is 46.9. The third kappa shape index (κ3) is 2.87. The van der Waals surface area contributed by atoms with Crippen LogP contribution in [0.15, 0.2) is 0 Å². The zero-order valence-electron chi connectivity index (χ0n) is 7.95. The fourth-order valence-corrected chi connectivity index (χ4v) is 3.86. The first-order valence-corrected chi connectivity index (χ1v) is 6.32. The van der Waals surface area contributed by atoms with Gasteiger partial charge in [-0.3, -0.25) is 4.79 Å². The Kier molecular flexibility index (Phi) is 3.32. The molecule has 88 valence electrons. The second kappa shape index (κ2) is 4.03. The van der Waals surface area contributed by atoms with Crippen LogP contribution in [-0.4, -0.2) is 37.4 Å². The predicted octanol–water partition coefficient (Wildman–Crippen LogP) is 0.921. The lowest BCUT2D eigenvalue weighted by Crippen LogP contribution is -2.43. The minimum absolute atomic E-state index is 0.00586. The summed E-state index contributed by atoms with van der Waals surface area (Å²) in [6.07, 6.45) is -3.54. The van der Waals surface area contributed by atoms with Gasteiger partial charge in [0.15, 0.2) is 9.84 Å². The molecule has 1 N–H and O–H groups in total. The van der Waals surface area contributed by atoms with Gasteiger partial charge in [0.2, 0.25) is 6.43 Å². The lowest BCUT2D eigenvalue weighted by atomic mass is 9.82. The summed E-state index contributed by atoms with van der Waals surface area (Å²) in [5, 5.41) is 8.87. The lowest BCUT2D eigenvalue weighted by molar-refractivity contribution is -0.150. The van der Waals surface area contributed by atoms with Gasteiger partial charge in [-0.1, -0.05) is 0 Å². The molecule has 15 heavy (non-hydrogen) atoms. The average molecular weight is 242 g/mol. The van der Waals surface area contributed by atoms with E-state index >= 15 is 0 Å². The molecule has 0 amide bonds. The number of hydrogen-bond donors (Lipinski definition) is 1. The van der Waals surface area contributed by atoms with Crippen LogP contribution in [-0.2, 0) is 14.6 Å². The zero-order chi connectivity index (χ0) is 11.7. The summed E-state index contributed by atoms with van der Waals surface area (Å²) in [4.78, 5) is 10.9. The lowest BCUT2D eigenvalue weighted by Gasteiger charge is -2.32. The van der Waals surface area contributed by atoms with E-state index in [0.717, 1.165) is 0 Å². The van der Waals surface area contributed by atoms with E-state index in [-0.39, 0.29) is 18.6 Å². The number of halogens is 2. The minimum Gasteiger partial charge on any atom is -0.481 e. The van der Waals surface area contributed by atoms with E-state index in [1.165, 1.54) is 0 Å². The fraction of sp³-hybridized carbons (Fsp3) is 0.875. The topological polar surface area (TPSA) is 71.4 Å². The Bertz CT molecular complexity index is 352. The van der Waals surface area contributed by atoms with Crippen LogP contribution < -0.4 is 0 Å². The summed E-state index contributed by atoms with van der Waals surface area (Å²) in [6.45, 7) is 0. The third-order valence-corrected chi connectivity index (χ3v) is 4.51. The van der Waals surface area contributed by atoms with Gasteiger partial charge in [0.1, 0.15) is 0 Å². The molecule has 0 aromatic heterocycles. The molecule has 0 saturated carbocycles. The van der Waals surface area contributed by atoms with Crippen molar-refractivity contribution in [2.24, 2.45) is 5.41 Å². The van der Waals surface area contributed by atoms with Crippen LogP contribution in [0.2, 0.25) is 0 Å². The number of rotatable bonds is 3. The molecule has 1 aliphatic heterocycles. The van der Waals surface area contributed by atoms with E-state index in [9.17, 15) is 22.0 Å². The maximum absolute atomic E-state index is 12.2. The van der Waals surface area contributed by atoms with Crippen molar-refractivity contribution in [3.63, 3.8) is 0 Å². The maximum Gasteiger partial charge on any atom is 0.310 e. The molecule has 1 aliphatic rings. The number of sulfone groups is 1. The van der Waals surface area contributed by atoms with Crippen LogP contribution in [0.4, 0.5) is 8.78 Å². The smallest absolute Gasteiger partial charge is 0.310 e. The Hall–Kier alpha value is -0.720. The van der Waals surface area contributed by atoms with Gasteiger partial charge in [-0.05, 0) is 12.8 Å². The van der Waals surface area contributed by atoms with Crippen LogP contribution in [0, 0.1) is 5.41 Å². The summed E-state index contributed by atoms with van der Waals surface area (Å²) >= 11 is 0. The van der Waals surface area contributed by atoms with E-state index < -0.39 is 39.8 Å². The van der Waals surface area contributed by atoms with Crippen LogP contribution in [0.25, 0.3) is 0 Å². The van der Waals surface area contributed by atoms with Gasteiger partial charge in [-0.15, -0.1) is 0 Å². The normalized spacial score (nSPS) is 30.3. The molecule has 0 aromatic rings. The average Bonchev–Trinajstić information content (AvgIpc) is 1.99. The van der Waals surface area contributed by atoms with Gasteiger partial charge in [0.05, 0.1) is 16.9 Å². The van der Waals surface area contributed by atoms with Gasteiger partial charge in [-0.2, -0.15) is 0 Å². The number of hydrogen-bond acceptors (Lipinski definition) is 3. The molecule has 4 nitrogen and oxygen atoms in total. The standard InChI is InChI=1S/C8H12F2O4S/c9-6(10)4-8(7(11)12)2-1-3-15(13,14)5-8/h6H,1-5H2,(H,11,12). The summed E-state index contributed by atoms with van der Waals surface area (Å²) in [5.74, 6) is -2.21. The molecule has 1 atom stereocenters. The highest BCUT2D eigenvalue weighted by molar-refractivity contribution is 7.91. The first-order chi connectivity index (χ1) is 6.77. The van der Waals surface area contributed by atoms with Crippen molar-refractivity contribution in [2.75, 3.05) is 11.5 Å². The predicted molar refractivity (Wildman–Crippen MR) is 48.6 cm³/mol. The summed E-state index contributed by atoms with van der Waals surface area (Å²) in [7, 11) is -3.50. The van der Waals surface area contributed by atoms with Crippen molar-refractivity contribution in [1.29, 1.82) is 0 Å². The molecule has 7 heteroatoms. The summed E-state index contributed by atoms with van der Waals surface area (Å²) in [6, 6.07) is 0. The molecule has 0 aliphatic carbocycles. The van der Waals surface area contributed by atoms with Crippen molar-refractivity contribution in [3.8, 4) is 0 Å². The number of aliphatic carboxylic acids is 1. The van der Waals surface area contributed by atoms with Crippen molar-refractivity contribution < 1.29 is 27.1 Å². The molecule has 1 heterocycles. The van der Waals surface area contributed by atoms with E-state index in [4.69, 9.17) is 5.11 Å². The maximum atomic E-state index is 12.2. The van der Waals surface area contributed by atoms with Gasteiger partial charge in [0, 0.05) is 6.42 Å². The number of carbonyl (C=O) groups is 1. The van der Waals surface area contributed by atoms with E-state index in [1.807, 2.05) is 0 Å². The monoisotopic (exact) mass is 242 g/mol. The van der Waals surface area contributed by atoms with Gasteiger partial charge in [-0.25, -0.2) is 17.2 Å². The van der Waals surface area contributed by atoms with E-state index in [0.29, 0.717) is 0 Å². The number of carboxylic acid groups (broad SMARTS) is 1. The Balaban J connectivity index is 2.96. The molecule has 1 fully saturated rings. The van der Waals surface area contributed by atoms with Gasteiger partial charge >= 0.3 is 5.97 Å². The SMILES string of the molecule is O=C(O)C1(CC(F)F)CCCS(=O)(=O)C1.